The molecule has 0 unspecified atom stereocenters. The van der Waals surface area contributed by atoms with Gasteiger partial charge in [0.15, 0.2) is 0 Å². The third kappa shape index (κ3) is 4.95. The minimum atomic E-state index is -3.77. The molecule has 3 rings (SSSR count). The van der Waals surface area contributed by atoms with Crippen LogP contribution < -0.4 is 14.9 Å². The fraction of sp³-hybridized carbons (Fsp3) is 0.389. The summed E-state index contributed by atoms with van der Waals surface area (Å²) in [4.78, 5) is 11.0. The molecule has 0 bridgehead atoms. The van der Waals surface area contributed by atoms with Crippen molar-refractivity contribution in [3.8, 4) is 6.07 Å². The topological polar surface area (TPSA) is 120 Å². The lowest BCUT2D eigenvalue weighted by Crippen LogP contribution is -2.37. The fourth-order valence-electron chi connectivity index (χ4n) is 2.82. The molecule has 2 heterocycles. The van der Waals surface area contributed by atoms with Gasteiger partial charge >= 0.3 is 0 Å². The molecule has 0 saturated carbocycles. The highest BCUT2D eigenvalue weighted by Crippen LogP contribution is 2.16. The Morgan fingerprint density at radius 1 is 1.21 bits per heavy atom. The number of nitrogens with one attached hydrogen (secondary N) is 2. The van der Waals surface area contributed by atoms with Gasteiger partial charge in [-0.2, -0.15) is 10.2 Å². The molecule has 0 amide bonds. The first-order chi connectivity index (χ1) is 13.5. The van der Waals surface area contributed by atoms with Gasteiger partial charge in [-0.15, -0.1) is 0 Å². The summed E-state index contributed by atoms with van der Waals surface area (Å²) < 4.78 is 32.6. The predicted octanol–water partition coefficient (Wildman–Crippen LogP) is 0.884. The van der Waals surface area contributed by atoms with Gasteiger partial charge in [0.25, 0.3) is 0 Å². The highest BCUT2D eigenvalue weighted by molar-refractivity contribution is 7.89. The summed E-state index contributed by atoms with van der Waals surface area (Å²) in [5, 5.41) is 12.1. The summed E-state index contributed by atoms with van der Waals surface area (Å²) in [6.07, 6.45) is 0. The molecule has 148 valence electrons. The van der Waals surface area contributed by atoms with Crippen molar-refractivity contribution >= 4 is 21.8 Å². The molecule has 0 aliphatic carbocycles. The Hall–Kier alpha value is -2.74. The average Bonchev–Trinajstić information content (AvgIpc) is 2.71. The third-order valence-electron chi connectivity index (χ3n) is 4.17. The lowest BCUT2D eigenvalue weighted by Gasteiger charge is -2.28. The summed E-state index contributed by atoms with van der Waals surface area (Å²) in [7, 11) is -3.77. The molecule has 0 radical (unpaired) electrons. The molecule has 2 N–H and O–H groups in total. The number of nitriles is 1. The van der Waals surface area contributed by atoms with Gasteiger partial charge in [-0.1, -0.05) is 12.1 Å². The fourth-order valence-corrected chi connectivity index (χ4v) is 4.00. The Balaban J connectivity index is 1.59. The standard InChI is InChI=1S/C18H22N6O3S/c1-14-12-17(24-8-10-27-11-9-24)23-18(22-14)20-6-7-21-28(25,26)16-5-3-2-4-15(16)13-19/h2-5,12,21H,6-11H2,1H3,(H,20,22,23). The molecular weight excluding hydrogens is 380 g/mol. The second-order valence-corrected chi connectivity index (χ2v) is 7.96. The van der Waals surface area contributed by atoms with Crippen molar-refractivity contribution in [3.05, 3.63) is 41.6 Å². The molecule has 1 fully saturated rings. The van der Waals surface area contributed by atoms with E-state index >= 15 is 0 Å². The molecule has 1 aliphatic heterocycles. The Labute approximate surface area is 164 Å². The highest BCUT2D eigenvalue weighted by Gasteiger charge is 2.18. The Morgan fingerprint density at radius 3 is 2.71 bits per heavy atom. The quantitative estimate of drug-likeness (QED) is 0.655. The highest BCUT2D eigenvalue weighted by atomic mass is 32.2. The second kappa shape index (κ2) is 8.97. The monoisotopic (exact) mass is 402 g/mol. The van der Waals surface area contributed by atoms with Crippen LogP contribution in [0.25, 0.3) is 0 Å². The van der Waals surface area contributed by atoms with Gasteiger partial charge in [0.2, 0.25) is 16.0 Å². The summed E-state index contributed by atoms with van der Waals surface area (Å²) in [5.41, 5.74) is 0.933. The maximum Gasteiger partial charge on any atom is 0.241 e. The van der Waals surface area contributed by atoms with E-state index < -0.39 is 10.0 Å². The minimum absolute atomic E-state index is 0.0288. The Kier molecular flexibility index (Phi) is 6.41. The van der Waals surface area contributed by atoms with Crippen LogP contribution in [0.15, 0.2) is 35.2 Å². The number of aryl methyl sites for hydroxylation is 1. The smallest absolute Gasteiger partial charge is 0.241 e. The molecule has 1 aromatic heterocycles. The Bertz CT molecular complexity index is 968. The first kappa shape index (κ1) is 20.0. The van der Waals surface area contributed by atoms with E-state index in [1.54, 1.807) is 12.1 Å². The normalized spacial score (nSPS) is 14.5. The maximum absolute atomic E-state index is 12.4. The zero-order valence-electron chi connectivity index (χ0n) is 15.6. The van der Waals surface area contributed by atoms with Crippen molar-refractivity contribution < 1.29 is 13.2 Å². The molecule has 9 nitrogen and oxygen atoms in total. The van der Waals surface area contributed by atoms with Crippen LogP contribution in [0.2, 0.25) is 0 Å². The van der Waals surface area contributed by atoms with E-state index in [-0.39, 0.29) is 17.0 Å². The van der Waals surface area contributed by atoms with E-state index in [0.717, 1.165) is 24.6 Å². The van der Waals surface area contributed by atoms with Crippen LogP contribution in [0.1, 0.15) is 11.3 Å². The van der Waals surface area contributed by atoms with Gasteiger partial charge in [0.05, 0.1) is 23.7 Å². The van der Waals surface area contributed by atoms with Crippen LogP contribution in [-0.4, -0.2) is 57.8 Å². The van der Waals surface area contributed by atoms with Crippen molar-refractivity contribution in [2.45, 2.75) is 11.8 Å². The van der Waals surface area contributed by atoms with Crippen LogP contribution in [0, 0.1) is 18.3 Å². The first-order valence-electron chi connectivity index (χ1n) is 8.90. The number of morpholine rings is 1. The average molecular weight is 402 g/mol. The van der Waals surface area contributed by atoms with E-state index in [1.807, 2.05) is 19.1 Å². The summed E-state index contributed by atoms with van der Waals surface area (Å²) in [6, 6.07) is 9.90. The second-order valence-electron chi connectivity index (χ2n) is 6.22. The minimum Gasteiger partial charge on any atom is -0.378 e. The van der Waals surface area contributed by atoms with Crippen molar-refractivity contribution in [2.75, 3.05) is 49.6 Å². The van der Waals surface area contributed by atoms with Gasteiger partial charge in [-0.3, -0.25) is 0 Å². The van der Waals surface area contributed by atoms with Gasteiger partial charge in [0.1, 0.15) is 11.9 Å². The largest absolute Gasteiger partial charge is 0.378 e. The van der Waals surface area contributed by atoms with E-state index in [2.05, 4.69) is 24.9 Å². The number of hydrogen-bond donors (Lipinski definition) is 2. The van der Waals surface area contributed by atoms with Crippen molar-refractivity contribution in [1.82, 2.24) is 14.7 Å². The van der Waals surface area contributed by atoms with Crippen molar-refractivity contribution in [1.29, 1.82) is 5.26 Å². The van der Waals surface area contributed by atoms with E-state index in [0.29, 0.717) is 25.7 Å². The predicted molar refractivity (Wildman–Crippen MR) is 105 cm³/mol. The lowest BCUT2D eigenvalue weighted by molar-refractivity contribution is 0.122. The first-order valence-corrected chi connectivity index (χ1v) is 10.4. The maximum atomic E-state index is 12.4. The zero-order chi connectivity index (χ0) is 20.0. The lowest BCUT2D eigenvalue weighted by atomic mass is 10.2. The molecule has 0 spiro atoms. The number of rotatable bonds is 7. The molecule has 28 heavy (non-hydrogen) atoms. The van der Waals surface area contributed by atoms with Crippen LogP contribution in [0.3, 0.4) is 0 Å². The van der Waals surface area contributed by atoms with Crippen LogP contribution in [-0.2, 0) is 14.8 Å². The summed E-state index contributed by atoms with van der Waals surface area (Å²) in [5.74, 6) is 1.26. The number of sulfonamides is 1. The zero-order valence-corrected chi connectivity index (χ0v) is 16.4. The number of anilines is 2. The van der Waals surface area contributed by atoms with E-state index in [4.69, 9.17) is 10.00 Å². The van der Waals surface area contributed by atoms with Gasteiger partial charge in [0, 0.05) is 37.9 Å². The molecule has 1 aromatic carbocycles. The molecule has 1 saturated heterocycles. The molecular formula is C18H22N6O3S. The number of nitrogens with zero attached hydrogens (tertiary/aromatic N) is 4. The SMILES string of the molecule is Cc1cc(N2CCOCC2)nc(NCCNS(=O)(=O)c2ccccc2C#N)n1. The summed E-state index contributed by atoms with van der Waals surface area (Å²) >= 11 is 0. The van der Waals surface area contributed by atoms with E-state index in [9.17, 15) is 8.42 Å². The van der Waals surface area contributed by atoms with Gasteiger partial charge < -0.3 is 15.0 Å². The third-order valence-corrected chi connectivity index (χ3v) is 5.69. The summed E-state index contributed by atoms with van der Waals surface area (Å²) in [6.45, 7) is 5.20. The van der Waals surface area contributed by atoms with Crippen LogP contribution in [0.5, 0.6) is 0 Å². The number of aromatic nitrogens is 2. The number of benzene rings is 1. The van der Waals surface area contributed by atoms with Crippen LogP contribution in [0.4, 0.5) is 11.8 Å². The van der Waals surface area contributed by atoms with E-state index in [1.165, 1.54) is 12.1 Å². The van der Waals surface area contributed by atoms with Crippen molar-refractivity contribution in [3.63, 3.8) is 0 Å². The van der Waals surface area contributed by atoms with Gasteiger partial charge in [-0.05, 0) is 19.1 Å². The van der Waals surface area contributed by atoms with Gasteiger partial charge in [-0.25, -0.2) is 18.1 Å². The molecule has 0 atom stereocenters. The Morgan fingerprint density at radius 2 is 1.96 bits per heavy atom. The molecule has 1 aliphatic rings. The van der Waals surface area contributed by atoms with Crippen molar-refractivity contribution in [2.24, 2.45) is 0 Å². The molecule has 2 aromatic rings. The number of ether oxygens (including phenoxy) is 1. The van der Waals surface area contributed by atoms with Crippen LogP contribution >= 0.6 is 0 Å². The number of hydrogen-bond acceptors (Lipinski definition) is 8. The molecule has 10 heteroatoms.